The normalized spacial score (nSPS) is 21.3. The monoisotopic (exact) mass is 262 g/mol. The van der Waals surface area contributed by atoms with Crippen molar-refractivity contribution in [2.24, 2.45) is 5.92 Å². The zero-order chi connectivity index (χ0) is 14.0. The molecule has 1 aromatic carbocycles. The standard InChI is InChI=1S/C14H18N2O3/c1-10-3-5-12(6-4-10)16-8-11(14(18)19)7-15(2)9-13(16)17/h3-6,11H,7-9H2,1-2H3,(H,18,19). The summed E-state index contributed by atoms with van der Waals surface area (Å²) in [4.78, 5) is 26.7. The number of rotatable bonds is 2. The Morgan fingerprint density at radius 1 is 1.26 bits per heavy atom. The van der Waals surface area contributed by atoms with E-state index in [1.807, 2.05) is 31.2 Å². The predicted molar refractivity (Wildman–Crippen MR) is 72.2 cm³/mol. The van der Waals surface area contributed by atoms with Gasteiger partial charge in [-0.25, -0.2) is 0 Å². The van der Waals surface area contributed by atoms with E-state index < -0.39 is 11.9 Å². The maximum atomic E-state index is 12.2. The highest BCUT2D eigenvalue weighted by Gasteiger charge is 2.30. The fraction of sp³-hybridized carbons (Fsp3) is 0.429. The number of carboxylic acid groups (broad SMARTS) is 1. The summed E-state index contributed by atoms with van der Waals surface area (Å²) in [5.74, 6) is -1.48. The van der Waals surface area contributed by atoms with Crippen molar-refractivity contribution < 1.29 is 14.7 Å². The third-order valence-corrected chi connectivity index (χ3v) is 3.34. The Morgan fingerprint density at radius 3 is 2.47 bits per heavy atom. The van der Waals surface area contributed by atoms with Gasteiger partial charge in [-0.05, 0) is 26.1 Å². The van der Waals surface area contributed by atoms with Gasteiger partial charge in [0, 0.05) is 18.8 Å². The largest absolute Gasteiger partial charge is 0.481 e. The molecule has 1 aliphatic rings. The molecule has 102 valence electrons. The highest BCUT2D eigenvalue weighted by molar-refractivity contribution is 5.95. The van der Waals surface area contributed by atoms with Crippen molar-refractivity contribution in [3.05, 3.63) is 29.8 Å². The van der Waals surface area contributed by atoms with E-state index >= 15 is 0 Å². The molecule has 1 amide bonds. The average Bonchev–Trinajstić information content (AvgIpc) is 2.49. The van der Waals surface area contributed by atoms with Crippen molar-refractivity contribution in [2.75, 3.05) is 31.6 Å². The molecule has 1 aliphatic heterocycles. The summed E-state index contributed by atoms with van der Waals surface area (Å²) in [5, 5.41) is 9.21. The van der Waals surface area contributed by atoms with E-state index in [0.29, 0.717) is 6.54 Å². The van der Waals surface area contributed by atoms with E-state index in [0.717, 1.165) is 11.3 Å². The van der Waals surface area contributed by atoms with E-state index in [4.69, 9.17) is 0 Å². The molecule has 2 rings (SSSR count). The lowest BCUT2D eigenvalue weighted by Crippen LogP contribution is -2.37. The van der Waals surface area contributed by atoms with E-state index in [-0.39, 0.29) is 19.0 Å². The zero-order valence-electron chi connectivity index (χ0n) is 11.2. The number of carboxylic acids is 1. The van der Waals surface area contributed by atoms with Gasteiger partial charge in [0.05, 0.1) is 12.5 Å². The van der Waals surface area contributed by atoms with Gasteiger partial charge in [0.15, 0.2) is 0 Å². The molecular formula is C14H18N2O3. The number of benzene rings is 1. The smallest absolute Gasteiger partial charge is 0.309 e. The van der Waals surface area contributed by atoms with Gasteiger partial charge in [-0.2, -0.15) is 0 Å². The van der Waals surface area contributed by atoms with Crippen molar-refractivity contribution in [1.29, 1.82) is 0 Å². The number of aryl methyl sites for hydroxylation is 1. The fourth-order valence-corrected chi connectivity index (χ4v) is 2.27. The third-order valence-electron chi connectivity index (χ3n) is 3.34. The molecule has 0 aliphatic carbocycles. The van der Waals surface area contributed by atoms with Gasteiger partial charge < -0.3 is 10.0 Å². The van der Waals surface area contributed by atoms with Crippen molar-refractivity contribution in [2.45, 2.75) is 6.92 Å². The van der Waals surface area contributed by atoms with Crippen molar-refractivity contribution in [1.82, 2.24) is 4.90 Å². The molecule has 1 aromatic rings. The van der Waals surface area contributed by atoms with Crippen LogP contribution in [0.15, 0.2) is 24.3 Å². The Bertz CT molecular complexity index is 484. The minimum atomic E-state index is -0.862. The quantitative estimate of drug-likeness (QED) is 0.863. The fourth-order valence-electron chi connectivity index (χ4n) is 2.27. The second-order valence-electron chi connectivity index (χ2n) is 5.07. The lowest BCUT2D eigenvalue weighted by molar-refractivity contribution is -0.141. The van der Waals surface area contributed by atoms with Crippen LogP contribution in [-0.4, -0.2) is 48.6 Å². The van der Waals surface area contributed by atoms with Crippen molar-refractivity contribution >= 4 is 17.6 Å². The van der Waals surface area contributed by atoms with Crippen LogP contribution in [0.1, 0.15) is 5.56 Å². The maximum absolute atomic E-state index is 12.2. The SMILES string of the molecule is Cc1ccc(N2CC(C(=O)O)CN(C)CC2=O)cc1. The van der Waals surface area contributed by atoms with E-state index in [9.17, 15) is 14.7 Å². The first kappa shape index (κ1) is 13.5. The Morgan fingerprint density at radius 2 is 1.89 bits per heavy atom. The molecule has 1 N–H and O–H groups in total. The van der Waals surface area contributed by atoms with Crippen LogP contribution in [0.5, 0.6) is 0 Å². The van der Waals surface area contributed by atoms with Crippen LogP contribution < -0.4 is 4.90 Å². The Labute approximate surface area is 112 Å². The topological polar surface area (TPSA) is 60.9 Å². The van der Waals surface area contributed by atoms with Gasteiger partial charge in [0.25, 0.3) is 0 Å². The number of hydrogen-bond donors (Lipinski definition) is 1. The summed E-state index contributed by atoms with van der Waals surface area (Å²) in [6, 6.07) is 7.56. The number of carbonyl (C=O) groups is 2. The van der Waals surface area contributed by atoms with Crippen LogP contribution in [0.2, 0.25) is 0 Å². The summed E-state index contributed by atoms with van der Waals surface area (Å²) in [6.45, 7) is 2.84. The summed E-state index contributed by atoms with van der Waals surface area (Å²) in [6.07, 6.45) is 0. The number of hydrogen-bond acceptors (Lipinski definition) is 3. The first-order chi connectivity index (χ1) is 8.97. The second-order valence-corrected chi connectivity index (χ2v) is 5.07. The summed E-state index contributed by atoms with van der Waals surface area (Å²) in [7, 11) is 1.77. The van der Waals surface area contributed by atoms with Crippen molar-refractivity contribution in [3.8, 4) is 0 Å². The Balaban J connectivity index is 2.28. The van der Waals surface area contributed by atoms with Crippen LogP contribution in [-0.2, 0) is 9.59 Å². The molecule has 1 fully saturated rings. The summed E-state index contributed by atoms with van der Waals surface area (Å²) in [5.41, 5.74) is 1.87. The molecule has 5 heteroatoms. The van der Waals surface area contributed by atoms with Gasteiger partial charge in [0.2, 0.25) is 5.91 Å². The van der Waals surface area contributed by atoms with Crippen molar-refractivity contribution in [3.63, 3.8) is 0 Å². The first-order valence-corrected chi connectivity index (χ1v) is 6.26. The molecule has 1 heterocycles. The molecule has 0 bridgehead atoms. The molecule has 0 aromatic heterocycles. The summed E-state index contributed by atoms with van der Waals surface area (Å²) >= 11 is 0. The van der Waals surface area contributed by atoms with Crippen LogP contribution in [0.4, 0.5) is 5.69 Å². The molecule has 0 radical (unpaired) electrons. The molecule has 0 spiro atoms. The van der Waals surface area contributed by atoms with Crippen LogP contribution in [0, 0.1) is 12.8 Å². The predicted octanol–water partition coefficient (Wildman–Crippen LogP) is 0.974. The average molecular weight is 262 g/mol. The van der Waals surface area contributed by atoms with Gasteiger partial charge >= 0.3 is 5.97 Å². The minimum Gasteiger partial charge on any atom is -0.481 e. The maximum Gasteiger partial charge on any atom is 0.309 e. The number of carbonyl (C=O) groups excluding carboxylic acids is 1. The molecule has 19 heavy (non-hydrogen) atoms. The minimum absolute atomic E-state index is 0.0601. The lowest BCUT2D eigenvalue weighted by atomic mass is 10.1. The molecule has 1 saturated heterocycles. The first-order valence-electron chi connectivity index (χ1n) is 6.26. The van der Waals surface area contributed by atoms with Gasteiger partial charge in [-0.1, -0.05) is 17.7 Å². The van der Waals surface area contributed by atoms with E-state index in [1.54, 1.807) is 16.8 Å². The number of amides is 1. The lowest BCUT2D eigenvalue weighted by Gasteiger charge is -2.22. The molecule has 1 atom stereocenters. The highest BCUT2D eigenvalue weighted by Crippen LogP contribution is 2.20. The second kappa shape index (κ2) is 5.40. The molecular weight excluding hydrogens is 244 g/mol. The molecule has 1 unspecified atom stereocenters. The summed E-state index contributed by atoms with van der Waals surface area (Å²) < 4.78 is 0. The van der Waals surface area contributed by atoms with Crippen LogP contribution >= 0.6 is 0 Å². The Kier molecular flexibility index (Phi) is 3.85. The molecule has 0 saturated carbocycles. The molecule has 5 nitrogen and oxygen atoms in total. The van der Waals surface area contributed by atoms with E-state index in [1.165, 1.54) is 0 Å². The Hall–Kier alpha value is -1.88. The van der Waals surface area contributed by atoms with Crippen LogP contribution in [0.3, 0.4) is 0 Å². The highest BCUT2D eigenvalue weighted by atomic mass is 16.4. The number of likely N-dealkylation sites (N-methyl/N-ethyl adjacent to an activating group) is 1. The van der Waals surface area contributed by atoms with Gasteiger partial charge in [0.1, 0.15) is 0 Å². The number of aliphatic carboxylic acids is 1. The van der Waals surface area contributed by atoms with Gasteiger partial charge in [-0.3, -0.25) is 14.5 Å². The third kappa shape index (κ3) is 3.12. The van der Waals surface area contributed by atoms with E-state index in [2.05, 4.69) is 0 Å². The van der Waals surface area contributed by atoms with Gasteiger partial charge in [-0.15, -0.1) is 0 Å². The number of anilines is 1. The zero-order valence-corrected chi connectivity index (χ0v) is 11.2. The number of nitrogens with zero attached hydrogens (tertiary/aromatic N) is 2. The van der Waals surface area contributed by atoms with Crippen LogP contribution in [0.25, 0.3) is 0 Å².